The van der Waals surface area contributed by atoms with E-state index in [1.165, 1.54) is 0 Å². The standard InChI is InChI=1S/C14H19N3O/c1-10-7-13(12(8-15)11(2)17-10)16-9-14(18)5-3-4-6-14/h7,18H,3-6,9H2,1-2H3,(H,16,17). The Morgan fingerprint density at radius 2 is 2.11 bits per heavy atom. The van der Waals surface area contributed by atoms with Gasteiger partial charge in [-0.1, -0.05) is 12.8 Å². The van der Waals surface area contributed by atoms with Crippen LogP contribution in [0.4, 0.5) is 5.69 Å². The number of nitriles is 1. The van der Waals surface area contributed by atoms with E-state index in [0.717, 1.165) is 42.8 Å². The van der Waals surface area contributed by atoms with Gasteiger partial charge < -0.3 is 10.4 Å². The number of nitrogens with zero attached hydrogens (tertiary/aromatic N) is 2. The first kappa shape index (κ1) is 12.8. The second kappa shape index (κ2) is 4.95. The summed E-state index contributed by atoms with van der Waals surface area (Å²) >= 11 is 0. The van der Waals surface area contributed by atoms with E-state index in [0.29, 0.717) is 12.1 Å². The minimum atomic E-state index is -0.613. The number of hydrogen-bond donors (Lipinski definition) is 2. The second-order valence-corrected chi connectivity index (χ2v) is 5.17. The van der Waals surface area contributed by atoms with Gasteiger partial charge in [-0.25, -0.2) is 0 Å². The SMILES string of the molecule is Cc1cc(NCC2(O)CCCC2)c(C#N)c(C)n1. The van der Waals surface area contributed by atoms with Gasteiger partial charge in [0.1, 0.15) is 6.07 Å². The van der Waals surface area contributed by atoms with Crippen LogP contribution < -0.4 is 5.32 Å². The number of aromatic nitrogens is 1. The first-order valence-electron chi connectivity index (χ1n) is 6.39. The van der Waals surface area contributed by atoms with Gasteiger partial charge in [-0.05, 0) is 32.8 Å². The zero-order valence-corrected chi connectivity index (χ0v) is 11.0. The zero-order valence-electron chi connectivity index (χ0n) is 11.0. The average molecular weight is 245 g/mol. The van der Waals surface area contributed by atoms with E-state index in [1.807, 2.05) is 19.9 Å². The maximum atomic E-state index is 10.3. The highest BCUT2D eigenvalue weighted by atomic mass is 16.3. The molecule has 4 nitrogen and oxygen atoms in total. The summed E-state index contributed by atoms with van der Waals surface area (Å²) in [5.41, 5.74) is 2.36. The van der Waals surface area contributed by atoms with Crippen LogP contribution in [0, 0.1) is 25.2 Å². The molecule has 0 aliphatic heterocycles. The Morgan fingerprint density at radius 1 is 1.44 bits per heavy atom. The lowest BCUT2D eigenvalue weighted by molar-refractivity contribution is 0.0614. The van der Waals surface area contributed by atoms with E-state index in [2.05, 4.69) is 16.4 Å². The van der Waals surface area contributed by atoms with Crippen molar-refractivity contribution in [2.24, 2.45) is 0 Å². The van der Waals surface area contributed by atoms with Gasteiger partial charge in [0, 0.05) is 12.2 Å². The van der Waals surface area contributed by atoms with Crippen LogP contribution in [0.25, 0.3) is 0 Å². The molecular weight excluding hydrogens is 226 g/mol. The average Bonchev–Trinajstić information content (AvgIpc) is 2.73. The topological polar surface area (TPSA) is 68.9 Å². The molecule has 0 unspecified atom stereocenters. The third-order valence-electron chi connectivity index (χ3n) is 3.58. The zero-order chi connectivity index (χ0) is 13.2. The summed E-state index contributed by atoms with van der Waals surface area (Å²) in [4.78, 5) is 4.28. The largest absolute Gasteiger partial charge is 0.388 e. The Labute approximate surface area is 108 Å². The van der Waals surface area contributed by atoms with Crippen molar-refractivity contribution < 1.29 is 5.11 Å². The molecule has 2 rings (SSSR count). The number of aryl methyl sites for hydroxylation is 2. The molecule has 0 radical (unpaired) electrons. The van der Waals surface area contributed by atoms with Crippen molar-refractivity contribution in [2.75, 3.05) is 11.9 Å². The molecule has 4 heteroatoms. The van der Waals surface area contributed by atoms with Crippen molar-refractivity contribution in [2.45, 2.75) is 45.1 Å². The highest BCUT2D eigenvalue weighted by molar-refractivity contribution is 5.60. The fourth-order valence-corrected chi connectivity index (χ4v) is 2.58. The normalized spacial score (nSPS) is 17.4. The fourth-order valence-electron chi connectivity index (χ4n) is 2.58. The van der Waals surface area contributed by atoms with Crippen molar-refractivity contribution in [3.05, 3.63) is 23.0 Å². The predicted molar refractivity (Wildman–Crippen MR) is 70.3 cm³/mol. The molecule has 1 aliphatic rings. The predicted octanol–water partition coefficient (Wildman–Crippen LogP) is 2.29. The summed E-state index contributed by atoms with van der Waals surface area (Å²) in [6.07, 6.45) is 3.84. The van der Waals surface area contributed by atoms with Crippen LogP contribution in [0.15, 0.2) is 6.07 Å². The number of nitrogens with one attached hydrogen (secondary N) is 1. The molecule has 96 valence electrons. The maximum Gasteiger partial charge on any atom is 0.103 e. The summed E-state index contributed by atoms with van der Waals surface area (Å²) in [5, 5.41) is 22.7. The van der Waals surface area contributed by atoms with Gasteiger partial charge in [-0.3, -0.25) is 4.98 Å². The minimum Gasteiger partial charge on any atom is -0.388 e. The monoisotopic (exact) mass is 245 g/mol. The van der Waals surface area contributed by atoms with Crippen LogP contribution in [0.5, 0.6) is 0 Å². The Bertz CT molecular complexity index is 485. The van der Waals surface area contributed by atoms with E-state index in [9.17, 15) is 5.11 Å². The molecule has 1 heterocycles. The van der Waals surface area contributed by atoms with Crippen LogP contribution >= 0.6 is 0 Å². The quantitative estimate of drug-likeness (QED) is 0.857. The van der Waals surface area contributed by atoms with Crippen molar-refractivity contribution in [3.8, 4) is 6.07 Å². The number of pyridine rings is 1. The number of aliphatic hydroxyl groups is 1. The summed E-state index contributed by atoms with van der Waals surface area (Å²) in [5.74, 6) is 0. The van der Waals surface area contributed by atoms with E-state index in [1.54, 1.807) is 0 Å². The van der Waals surface area contributed by atoms with Crippen molar-refractivity contribution in [1.82, 2.24) is 4.98 Å². The Balaban J connectivity index is 2.16. The third-order valence-corrected chi connectivity index (χ3v) is 3.58. The van der Waals surface area contributed by atoms with Gasteiger partial charge >= 0.3 is 0 Å². The molecule has 1 aliphatic carbocycles. The van der Waals surface area contributed by atoms with Gasteiger partial charge in [0.2, 0.25) is 0 Å². The Kier molecular flexibility index (Phi) is 3.53. The van der Waals surface area contributed by atoms with Crippen LogP contribution in [0.3, 0.4) is 0 Å². The number of rotatable bonds is 3. The smallest absolute Gasteiger partial charge is 0.103 e. The highest BCUT2D eigenvalue weighted by Crippen LogP contribution is 2.30. The van der Waals surface area contributed by atoms with Crippen LogP contribution in [0.1, 0.15) is 42.6 Å². The lowest BCUT2D eigenvalue weighted by atomic mass is 10.0. The van der Waals surface area contributed by atoms with Crippen molar-refractivity contribution >= 4 is 5.69 Å². The van der Waals surface area contributed by atoms with Crippen molar-refractivity contribution in [3.63, 3.8) is 0 Å². The van der Waals surface area contributed by atoms with E-state index in [-0.39, 0.29) is 0 Å². The van der Waals surface area contributed by atoms with E-state index >= 15 is 0 Å². The molecule has 1 aromatic heterocycles. The molecule has 2 N–H and O–H groups in total. The molecular formula is C14H19N3O. The Morgan fingerprint density at radius 3 is 2.72 bits per heavy atom. The molecule has 1 fully saturated rings. The van der Waals surface area contributed by atoms with Crippen LogP contribution in [-0.4, -0.2) is 22.2 Å². The van der Waals surface area contributed by atoms with Gasteiger partial charge in [-0.2, -0.15) is 5.26 Å². The lowest BCUT2D eigenvalue weighted by Crippen LogP contribution is -2.33. The van der Waals surface area contributed by atoms with Crippen molar-refractivity contribution in [1.29, 1.82) is 5.26 Å². The molecule has 0 amide bonds. The minimum absolute atomic E-state index is 0.505. The summed E-state index contributed by atoms with van der Waals surface area (Å²) in [7, 11) is 0. The molecule has 18 heavy (non-hydrogen) atoms. The second-order valence-electron chi connectivity index (χ2n) is 5.17. The first-order chi connectivity index (χ1) is 8.54. The number of hydrogen-bond acceptors (Lipinski definition) is 4. The summed E-state index contributed by atoms with van der Waals surface area (Å²) in [6, 6.07) is 4.04. The van der Waals surface area contributed by atoms with Crippen LogP contribution in [0.2, 0.25) is 0 Å². The first-order valence-corrected chi connectivity index (χ1v) is 6.39. The highest BCUT2D eigenvalue weighted by Gasteiger charge is 2.30. The number of anilines is 1. The molecule has 0 aromatic carbocycles. The maximum absolute atomic E-state index is 10.3. The summed E-state index contributed by atoms with van der Waals surface area (Å²) in [6.45, 7) is 4.25. The lowest BCUT2D eigenvalue weighted by Gasteiger charge is -2.23. The molecule has 1 saturated carbocycles. The third kappa shape index (κ3) is 2.62. The molecule has 0 saturated heterocycles. The van der Waals surface area contributed by atoms with E-state index in [4.69, 9.17) is 5.26 Å². The van der Waals surface area contributed by atoms with Gasteiger partial charge in [-0.15, -0.1) is 0 Å². The molecule has 0 spiro atoms. The van der Waals surface area contributed by atoms with Gasteiger partial charge in [0.25, 0.3) is 0 Å². The molecule has 1 aromatic rings. The van der Waals surface area contributed by atoms with Crippen LogP contribution in [-0.2, 0) is 0 Å². The van der Waals surface area contributed by atoms with Gasteiger partial charge in [0.05, 0.1) is 22.5 Å². The summed E-state index contributed by atoms with van der Waals surface area (Å²) < 4.78 is 0. The van der Waals surface area contributed by atoms with E-state index < -0.39 is 5.60 Å². The molecule has 0 bridgehead atoms. The van der Waals surface area contributed by atoms with Gasteiger partial charge in [0.15, 0.2) is 0 Å². The molecule has 0 atom stereocenters. The fraction of sp³-hybridized carbons (Fsp3) is 0.571. The Hall–Kier alpha value is -1.60.